The number of benzene rings is 1. The molecule has 1 N–H and O–H groups in total. The molecule has 1 aromatic carbocycles. The third-order valence-corrected chi connectivity index (χ3v) is 2.98. The number of hydrogen-bond acceptors (Lipinski definition) is 2. The number of hydrogen-bond donors (Lipinski definition) is 1. The van der Waals surface area contributed by atoms with Gasteiger partial charge in [0.15, 0.2) is 0 Å². The van der Waals surface area contributed by atoms with Gasteiger partial charge in [0, 0.05) is 12.7 Å². The lowest BCUT2D eigenvalue weighted by Gasteiger charge is -2.10. The third-order valence-electron chi connectivity index (χ3n) is 2.98. The molecule has 1 aromatic heterocycles. The van der Waals surface area contributed by atoms with Crippen LogP contribution in [-0.2, 0) is 19.3 Å². The number of rotatable bonds is 5. The minimum absolute atomic E-state index is 0.331. The summed E-state index contributed by atoms with van der Waals surface area (Å²) >= 11 is 0. The molecule has 2 aromatic rings. The Bertz CT molecular complexity index is 561. The van der Waals surface area contributed by atoms with E-state index in [4.69, 9.17) is 0 Å². The van der Waals surface area contributed by atoms with Crippen LogP contribution in [0, 0.1) is 0 Å². The molecule has 0 aliphatic heterocycles. The van der Waals surface area contributed by atoms with Gasteiger partial charge < -0.3 is 5.32 Å². The first kappa shape index (κ1) is 14.6. The Kier molecular flexibility index (Phi) is 4.44. The van der Waals surface area contributed by atoms with Crippen molar-refractivity contribution in [2.24, 2.45) is 0 Å². The van der Waals surface area contributed by atoms with E-state index in [1.165, 1.54) is 4.68 Å². The highest BCUT2D eigenvalue weighted by atomic mass is 19.4. The summed E-state index contributed by atoms with van der Waals surface area (Å²) in [7, 11) is 0. The summed E-state index contributed by atoms with van der Waals surface area (Å²) in [4.78, 5) is 0. The van der Waals surface area contributed by atoms with Crippen LogP contribution < -0.4 is 5.32 Å². The first-order valence-corrected chi connectivity index (χ1v) is 6.38. The molecule has 6 heteroatoms. The topological polar surface area (TPSA) is 29.9 Å². The fraction of sp³-hybridized carbons (Fsp3) is 0.357. The summed E-state index contributed by atoms with van der Waals surface area (Å²) < 4.78 is 38.9. The summed E-state index contributed by atoms with van der Waals surface area (Å²) in [5.74, 6) is 0. The Morgan fingerprint density at radius 1 is 1.20 bits per heavy atom. The van der Waals surface area contributed by atoms with E-state index >= 15 is 0 Å². The second kappa shape index (κ2) is 6.09. The molecule has 0 atom stereocenters. The van der Waals surface area contributed by atoms with Crippen molar-refractivity contribution in [3.63, 3.8) is 0 Å². The summed E-state index contributed by atoms with van der Waals surface area (Å²) in [6.07, 6.45) is -2.46. The quantitative estimate of drug-likeness (QED) is 0.914. The molecule has 0 bridgehead atoms. The number of nitrogens with one attached hydrogen (secondary N) is 1. The zero-order chi connectivity index (χ0) is 14.6. The molecule has 0 saturated carbocycles. The molecule has 2 rings (SSSR count). The van der Waals surface area contributed by atoms with Crippen LogP contribution in [0.2, 0.25) is 0 Å². The van der Waals surface area contributed by atoms with Crippen molar-refractivity contribution >= 4 is 0 Å². The predicted molar refractivity (Wildman–Crippen MR) is 70.2 cm³/mol. The minimum atomic E-state index is -4.35. The van der Waals surface area contributed by atoms with Crippen molar-refractivity contribution in [2.45, 2.75) is 26.2 Å². The number of halogens is 3. The second-order valence-electron chi connectivity index (χ2n) is 4.47. The van der Waals surface area contributed by atoms with Gasteiger partial charge in [-0.2, -0.15) is 18.3 Å². The van der Waals surface area contributed by atoms with Crippen molar-refractivity contribution in [1.82, 2.24) is 15.1 Å². The minimum Gasteiger partial charge on any atom is -0.313 e. The number of aromatic nitrogens is 2. The van der Waals surface area contributed by atoms with Gasteiger partial charge in [-0.15, -0.1) is 0 Å². The van der Waals surface area contributed by atoms with Crippen LogP contribution in [0.15, 0.2) is 36.7 Å². The summed E-state index contributed by atoms with van der Waals surface area (Å²) in [6, 6.07) is 7.66. The molecule has 20 heavy (non-hydrogen) atoms. The van der Waals surface area contributed by atoms with Crippen molar-refractivity contribution < 1.29 is 13.2 Å². The number of alkyl halides is 3. The fourth-order valence-electron chi connectivity index (χ4n) is 1.91. The zero-order valence-electron chi connectivity index (χ0n) is 11.1. The van der Waals surface area contributed by atoms with Gasteiger partial charge in [-0.1, -0.05) is 31.2 Å². The van der Waals surface area contributed by atoms with E-state index in [9.17, 15) is 13.2 Å². The SMILES string of the molecule is CCNCc1ccccc1Cn1cc(C(F)(F)F)cn1. The van der Waals surface area contributed by atoms with E-state index in [0.29, 0.717) is 13.1 Å². The van der Waals surface area contributed by atoms with Crippen LogP contribution in [0.25, 0.3) is 0 Å². The van der Waals surface area contributed by atoms with Crippen LogP contribution in [0.1, 0.15) is 23.6 Å². The van der Waals surface area contributed by atoms with E-state index in [0.717, 1.165) is 30.1 Å². The molecule has 3 nitrogen and oxygen atoms in total. The van der Waals surface area contributed by atoms with Crippen molar-refractivity contribution in [1.29, 1.82) is 0 Å². The maximum absolute atomic E-state index is 12.5. The summed E-state index contributed by atoms with van der Waals surface area (Å²) in [6.45, 7) is 3.87. The van der Waals surface area contributed by atoms with Gasteiger partial charge in [-0.25, -0.2) is 0 Å². The summed E-state index contributed by atoms with van der Waals surface area (Å²) in [5, 5.41) is 6.99. The lowest BCUT2D eigenvalue weighted by atomic mass is 10.1. The summed E-state index contributed by atoms with van der Waals surface area (Å²) in [5.41, 5.74) is 1.31. The van der Waals surface area contributed by atoms with Crippen molar-refractivity contribution in [3.8, 4) is 0 Å². The largest absolute Gasteiger partial charge is 0.419 e. The predicted octanol–water partition coefficient (Wildman–Crippen LogP) is 3.06. The molecule has 1 heterocycles. The molecule has 108 valence electrons. The standard InChI is InChI=1S/C14H16F3N3/c1-2-18-7-11-5-3-4-6-12(11)9-20-10-13(8-19-20)14(15,16)17/h3-6,8,10,18H,2,7,9H2,1H3. The normalized spacial score (nSPS) is 11.8. The monoisotopic (exact) mass is 283 g/mol. The van der Waals surface area contributed by atoms with Gasteiger partial charge in [0.25, 0.3) is 0 Å². The Hall–Kier alpha value is -1.82. The zero-order valence-corrected chi connectivity index (χ0v) is 11.1. The lowest BCUT2D eigenvalue weighted by Crippen LogP contribution is -2.14. The third kappa shape index (κ3) is 3.60. The van der Waals surface area contributed by atoms with E-state index in [-0.39, 0.29) is 0 Å². The van der Waals surface area contributed by atoms with Gasteiger partial charge in [-0.05, 0) is 17.7 Å². The maximum Gasteiger partial charge on any atom is 0.419 e. The molecule has 0 unspecified atom stereocenters. The van der Waals surface area contributed by atoms with E-state index in [2.05, 4.69) is 10.4 Å². The van der Waals surface area contributed by atoms with Crippen LogP contribution in [0.5, 0.6) is 0 Å². The number of nitrogens with zero attached hydrogens (tertiary/aromatic N) is 2. The van der Waals surface area contributed by atoms with Crippen LogP contribution in [0.3, 0.4) is 0 Å². The smallest absolute Gasteiger partial charge is 0.313 e. The van der Waals surface area contributed by atoms with Crippen LogP contribution in [-0.4, -0.2) is 16.3 Å². The van der Waals surface area contributed by atoms with Crippen molar-refractivity contribution in [3.05, 3.63) is 53.3 Å². The lowest BCUT2D eigenvalue weighted by molar-refractivity contribution is -0.137. The fourth-order valence-corrected chi connectivity index (χ4v) is 1.91. The van der Waals surface area contributed by atoms with Crippen LogP contribution in [0.4, 0.5) is 13.2 Å². The average Bonchev–Trinajstić information content (AvgIpc) is 2.86. The highest BCUT2D eigenvalue weighted by molar-refractivity contribution is 5.27. The highest BCUT2D eigenvalue weighted by Crippen LogP contribution is 2.28. The second-order valence-corrected chi connectivity index (χ2v) is 4.47. The Balaban J connectivity index is 2.15. The maximum atomic E-state index is 12.5. The Labute approximate surface area is 115 Å². The molecular formula is C14H16F3N3. The average molecular weight is 283 g/mol. The van der Waals surface area contributed by atoms with Crippen molar-refractivity contribution in [2.75, 3.05) is 6.54 Å². The van der Waals surface area contributed by atoms with Gasteiger partial charge in [0.05, 0.1) is 18.3 Å². The first-order valence-electron chi connectivity index (χ1n) is 6.38. The molecule has 0 saturated heterocycles. The molecule has 0 radical (unpaired) electrons. The molecular weight excluding hydrogens is 267 g/mol. The molecule has 0 aliphatic rings. The van der Waals surface area contributed by atoms with Crippen LogP contribution >= 0.6 is 0 Å². The van der Waals surface area contributed by atoms with E-state index in [1.54, 1.807) is 0 Å². The molecule has 0 fully saturated rings. The Morgan fingerprint density at radius 2 is 1.90 bits per heavy atom. The van der Waals surface area contributed by atoms with Gasteiger partial charge in [0.2, 0.25) is 0 Å². The van der Waals surface area contributed by atoms with E-state index < -0.39 is 11.7 Å². The molecule has 0 amide bonds. The Morgan fingerprint density at radius 3 is 2.50 bits per heavy atom. The van der Waals surface area contributed by atoms with E-state index in [1.807, 2.05) is 31.2 Å². The molecule has 0 aliphatic carbocycles. The highest BCUT2D eigenvalue weighted by Gasteiger charge is 2.32. The van der Waals surface area contributed by atoms with Gasteiger partial charge >= 0.3 is 6.18 Å². The first-order chi connectivity index (χ1) is 9.50. The van der Waals surface area contributed by atoms with Gasteiger partial charge in [-0.3, -0.25) is 4.68 Å². The van der Waals surface area contributed by atoms with Gasteiger partial charge in [0.1, 0.15) is 0 Å². The molecule has 0 spiro atoms.